The van der Waals surface area contributed by atoms with Crippen LogP contribution < -0.4 is 4.90 Å². The van der Waals surface area contributed by atoms with Crippen LogP contribution in [0.1, 0.15) is 38.9 Å². The molecule has 7 nitrogen and oxygen atoms in total. The van der Waals surface area contributed by atoms with Gasteiger partial charge in [0, 0.05) is 50.7 Å². The number of hydrogen-bond acceptors (Lipinski definition) is 6. The van der Waals surface area contributed by atoms with Gasteiger partial charge < -0.3 is 14.3 Å². The zero-order valence-corrected chi connectivity index (χ0v) is 16.8. The highest BCUT2D eigenvalue weighted by atomic mass is 16.5. The second-order valence-electron chi connectivity index (χ2n) is 9.51. The number of fused-ring (bicyclic) bond motifs is 3. The van der Waals surface area contributed by atoms with Crippen LogP contribution in [0.3, 0.4) is 0 Å². The van der Waals surface area contributed by atoms with Gasteiger partial charge in [-0.25, -0.2) is 0 Å². The molecule has 2 saturated heterocycles. The first kappa shape index (κ1) is 17.5. The lowest BCUT2D eigenvalue weighted by Gasteiger charge is -2.36. The van der Waals surface area contributed by atoms with Crippen LogP contribution in [0, 0.1) is 30.6 Å². The molecule has 2 aliphatic carbocycles. The van der Waals surface area contributed by atoms with E-state index in [0.717, 1.165) is 25.6 Å². The molecule has 2 bridgehead atoms. The van der Waals surface area contributed by atoms with Crippen molar-refractivity contribution in [2.45, 2.75) is 58.2 Å². The van der Waals surface area contributed by atoms with Crippen molar-refractivity contribution in [2.24, 2.45) is 23.7 Å². The van der Waals surface area contributed by atoms with E-state index in [-0.39, 0.29) is 5.92 Å². The van der Waals surface area contributed by atoms with Gasteiger partial charge in [0.1, 0.15) is 0 Å². The third kappa shape index (κ3) is 2.85. The molecule has 0 spiro atoms. The number of aryl methyl sites for hydroxylation is 1. The fourth-order valence-electron chi connectivity index (χ4n) is 5.85. The van der Waals surface area contributed by atoms with E-state index in [1.54, 1.807) is 0 Å². The van der Waals surface area contributed by atoms with E-state index in [1.807, 2.05) is 18.9 Å². The fourth-order valence-corrected chi connectivity index (χ4v) is 5.85. The Bertz CT molecular complexity index is 722. The number of rotatable bonds is 4. The first-order valence-corrected chi connectivity index (χ1v) is 10.5. The van der Waals surface area contributed by atoms with E-state index in [2.05, 4.69) is 33.8 Å². The highest BCUT2D eigenvalue weighted by molar-refractivity contribution is 5.82. The van der Waals surface area contributed by atoms with E-state index < -0.39 is 0 Å². The Morgan fingerprint density at radius 3 is 2.48 bits per heavy atom. The number of hydrogen-bond donors (Lipinski definition) is 0. The number of aromatic nitrogens is 2. The maximum absolute atomic E-state index is 12.6. The molecule has 0 radical (unpaired) electrons. The number of anilines is 1. The molecule has 1 aromatic heterocycles. The summed E-state index contributed by atoms with van der Waals surface area (Å²) < 4.78 is 5.43. The van der Waals surface area contributed by atoms with Gasteiger partial charge >= 0.3 is 6.01 Å². The summed E-state index contributed by atoms with van der Waals surface area (Å²) in [5.41, 5.74) is 0. The molecule has 27 heavy (non-hydrogen) atoms. The third-order valence-electron chi connectivity index (χ3n) is 7.56. The van der Waals surface area contributed by atoms with E-state index in [4.69, 9.17) is 4.52 Å². The molecular formula is C20H31N5O2. The van der Waals surface area contributed by atoms with Crippen LogP contribution >= 0.6 is 0 Å². The fraction of sp³-hybridized carbons (Fsp3) is 0.850. The van der Waals surface area contributed by atoms with Gasteiger partial charge in [0.15, 0.2) is 5.82 Å². The smallest absolute Gasteiger partial charge is 0.324 e. The highest BCUT2D eigenvalue weighted by Crippen LogP contribution is 2.54. The van der Waals surface area contributed by atoms with Gasteiger partial charge in [-0.3, -0.25) is 9.69 Å². The summed E-state index contributed by atoms with van der Waals surface area (Å²) >= 11 is 0. The van der Waals surface area contributed by atoms with Crippen molar-refractivity contribution < 1.29 is 9.32 Å². The molecule has 1 aromatic rings. The second-order valence-corrected chi connectivity index (χ2v) is 9.51. The molecule has 148 valence electrons. The second kappa shape index (κ2) is 6.19. The van der Waals surface area contributed by atoms with E-state index >= 15 is 0 Å². The van der Waals surface area contributed by atoms with Crippen LogP contribution in [0.5, 0.6) is 0 Å². The number of piperidine rings is 1. The number of carbonyl (C=O) groups is 1. The number of carbonyl (C=O) groups excluding carboxylic acids is 1. The largest absolute Gasteiger partial charge is 0.343 e. The number of likely N-dealkylation sites (tertiary alicyclic amines) is 1. The molecule has 0 aromatic carbocycles. The summed E-state index contributed by atoms with van der Waals surface area (Å²) in [6.07, 6.45) is 3.70. The molecule has 0 N–H and O–H groups in total. The van der Waals surface area contributed by atoms with Gasteiger partial charge in [0.05, 0.1) is 0 Å². The van der Waals surface area contributed by atoms with Gasteiger partial charge in [-0.15, -0.1) is 0 Å². The molecule has 7 heteroatoms. The monoisotopic (exact) mass is 373 g/mol. The van der Waals surface area contributed by atoms with E-state index in [0.29, 0.717) is 47.7 Å². The first-order valence-electron chi connectivity index (χ1n) is 10.5. The van der Waals surface area contributed by atoms with E-state index in [1.165, 1.54) is 19.3 Å². The molecule has 5 rings (SSSR count). The van der Waals surface area contributed by atoms with Crippen LogP contribution in [-0.2, 0) is 4.79 Å². The normalized spacial score (nSPS) is 37.7. The van der Waals surface area contributed by atoms with Gasteiger partial charge in [-0.2, -0.15) is 4.98 Å². The Morgan fingerprint density at radius 2 is 1.85 bits per heavy atom. The van der Waals surface area contributed by atoms with Gasteiger partial charge in [-0.1, -0.05) is 5.16 Å². The maximum atomic E-state index is 12.6. The minimum Gasteiger partial charge on any atom is -0.343 e. The summed E-state index contributed by atoms with van der Waals surface area (Å²) in [5.74, 6) is 3.26. The average molecular weight is 374 g/mol. The highest BCUT2D eigenvalue weighted by Gasteiger charge is 2.61. The Hall–Kier alpha value is -1.63. The lowest BCUT2D eigenvalue weighted by molar-refractivity contribution is -0.133. The van der Waals surface area contributed by atoms with Crippen molar-refractivity contribution in [2.75, 3.05) is 31.6 Å². The van der Waals surface area contributed by atoms with Crippen molar-refractivity contribution in [1.29, 1.82) is 0 Å². The summed E-state index contributed by atoms with van der Waals surface area (Å²) in [7, 11) is 1.95. The minimum atomic E-state index is 0.284. The molecule has 4 aliphatic rings. The van der Waals surface area contributed by atoms with Gasteiger partial charge in [0.2, 0.25) is 5.91 Å². The summed E-state index contributed by atoms with van der Waals surface area (Å²) in [5, 5.41) is 3.96. The van der Waals surface area contributed by atoms with Gasteiger partial charge in [-0.05, 0) is 57.8 Å². The van der Waals surface area contributed by atoms with Crippen LogP contribution in [-0.4, -0.2) is 70.7 Å². The molecular weight excluding hydrogens is 342 g/mol. The standard InChI is InChI=1S/C20H31N5O2/c1-11(2)23(4)19(26)18-16-9-24(10-17(16)18)14-5-13-6-15(7-14)25(8-13)20-21-12(3)22-27-20/h11,13-18H,5-10H2,1-4H3/t13?,14?,15?,16-,17+,18+. The lowest BCUT2D eigenvalue weighted by Crippen LogP contribution is -2.43. The molecule has 4 fully saturated rings. The zero-order valence-electron chi connectivity index (χ0n) is 16.8. The molecule has 3 unspecified atom stereocenters. The van der Waals surface area contributed by atoms with Crippen LogP contribution in [0.2, 0.25) is 0 Å². The Labute approximate surface area is 161 Å². The number of amides is 1. The molecule has 2 saturated carbocycles. The zero-order chi connectivity index (χ0) is 18.9. The van der Waals surface area contributed by atoms with E-state index in [9.17, 15) is 4.79 Å². The molecule has 3 heterocycles. The Kier molecular flexibility index (Phi) is 4.00. The minimum absolute atomic E-state index is 0.284. The van der Waals surface area contributed by atoms with Crippen molar-refractivity contribution in [3.8, 4) is 0 Å². The Morgan fingerprint density at radius 1 is 1.15 bits per heavy atom. The lowest BCUT2D eigenvalue weighted by atomic mass is 9.85. The average Bonchev–Trinajstić information content (AvgIpc) is 3.00. The van der Waals surface area contributed by atoms with Gasteiger partial charge in [0.25, 0.3) is 0 Å². The van der Waals surface area contributed by atoms with Crippen molar-refractivity contribution in [3.63, 3.8) is 0 Å². The van der Waals surface area contributed by atoms with Crippen molar-refractivity contribution in [3.05, 3.63) is 5.82 Å². The van der Waals surface area contributed by atoms with Crippen LogP contribution in [0.15, 0.2) is 4.52 Å². The SMILES string of the molecule is Cc1noc(N2CC3CC(N4C[C@@H]5[C@H](C4)[C@H]5C(=O)N(C)C(C)C)CC2C3)n1. The van der Waals surface area contributed by atoms with Crippen LogP contribution in [0.4, 0.5) is 6.01 Å². The maximum Gasteiger partial charge on any atom is 0.324 e. The van der Waals surface area contributed by atoms with Crippen LogP contribution in [0.25, 0.3) is 0 Å². The topological polar surface area (TPSA) is 65.7 Å². The number of nitrogens with zero attached hydrogens (tertiary/aromatic N) is 5. The quantitative estimate of drug-likeness (QED) is 0.802. The summed E-state index contributed by atoms with van der Waals surface area (Å²) in [4.78, 5) is 24.0. The van der Waals surface area contributed by atoms with Crippen molar-refractivity contribution >= 4 is 11.9 Å². The molecule has 2 aliphatic heterocycles. The summed E-state index contributed by atoms with van der Waals surface area (Å²) in [6, 6.07) is 2.17. The molecule has 1 amide bonds. The Balaban J connectivity index is 1.19. The first-order chi connectivity index (χ1) is 12.9. The third-order valence-corrected chi connectivity index (χ3v) is 7.56. The predicted molar refractivity (Wildman–Crippen MR) is 101 cm³/mol. The summed E-state index contributed by atoms with van der Waals surface area (Å²) in [6.45, 7) is 9.33. The van der Waals surface area contributed by atoms with Crippen molar-refractivity contribution in [1.82, 2.24) is 19.9 Å². The predicted octanol–water partition coefficient (Wildman–Crippen LogP) is 1.78. The molecule has 6 atom stereocenters.